The van der Waals surface area contributed by atoms with Crippen molar-refractivity contribution in [2.75, 3.05) is 12.4 Å². The number of nitrogens with one attached hydrogen (secondary N) is 1. The number of hydrogen-bond acceptors (Lipinski definition) is 2. The van der Waals surface area contributed by atoms with Gasteiger partial charge < -0.3 is 10.1 Å². The smallest absolute Gasteiger partial charge is 0.259 e. The van der Waals surface area contributed by atoms with Gasteiger partial charge in [-0.1, -0.05) is 23.7 Å². The number of aryl methyl sites for hydroxylation is 1. The van der Waals surface area contributed by atoms with E-state index in [-0.39, 0.29) is 5.91 Å². The zero-order chi connectivity index (χ0) is 14.7. The van der Waals surface area contributed by atoms with Crippen LogP contribution in [0.15, 0.2) is 40.9 Å². The molecule has 0 fully saturated rings. The summed E-state index contributed by atoms with van der Waals surface area (Å²) < 4.78 is 6.04. The third-order valence-electron chi connectivity index (χ3n) is 2.85. The second-order valence-electron chi connectivity index (χ2n) is 4.24. The van der Waals surface area contributed by atoms with Gasteiger partial charge in [-0.3, -0.25) is 4.79 Å². The quantitative estimate of drug-likeness (QED) is 0.869. The van der Waals surface area contributed by atoms with E-state index in [1.165, 1.54) is 7.11 Å². The Morgan fingerprint density at radius 3 is 2.75 bits per heavy atom. The molecule has 3 nitrogen and oxygen atoms in total. The summed E-state index contributed by atoms with van der Waals surface area (Å²) in [6, 6.07) is 10.6. The molecule has 0 heterocycles. The number of methoxy groups -OCH3 is 1. The lowest BCUT2D eigenvalue weighted by atomic mass is 10.1. The van der Waals surface area contributed by atoms with E-state index < -0.39 is 0 Å². The number of carbonyl (C=O) groups is 1. The third kappa shape index (κ3) is 3.14. The summed E-state index contributed by atoms with van der Waals surface area (Å²) in [5.41, 5.74) is 2.20. The Bertz CT molecular complexity index is 658. The topological polar surface area (TPSA) is 38.3 Å². The van der Waals surface area contributed by atoms with Gasteiger partial charge >= 0.3 is 0 Å². The van der Waals surface area contributed by atoms with Crippen molar-refractivity contribution in [3.63, 3.8) is 0 Å². The molecule has 0 unspecified atom stereocenters. The second kappa shape index (κ2) is 6.29. The van der Waals surface area contributed by atoms with Crippen molar-refractivity contribution >= 4 is 39.1 Å². The van der Waals surface area contributed by atoms with Crippen LogP contribution in [0.5, 0.6) is 5.75 Å². The van der Waals surface area contributed by atoms with Gasteiger partial charge in [-0.2, -0.15) is 0 Å². The van der Waals surface area contributed by atoms with E-state index in [1.807, 2.05) is 25.1 Å². The Balaban J connectivity index is 2.31. The van der Waals surface area contributed by atoms with Crippen LogP contribution < -0.4 is 10.1 Å². The van der Waals surface area contributed by atoms with E-state index in [9.17, 15) is 4.79 Å². The highest BCUT2D eigenvalue weighted by molar-refractivity contribution is 9.10. The standard InChI is InChI=1S/C15H13BrClNO2/c1-9-4-3-5-12(14(9)16)18-15(19)11-7-6-10(17)8-13(11)20-2/h3-8H,1-2H3,(H,18,19). The van der Waals surface area contributed by atoms with Gasteiger partial charge in [0.1, 0.15) is 5.75 Å². The van der Waals surface area contributed by atoms with E-state index in [0.717, 1.165) is 10.0 Å². The van der Waals surface area contributed by atoms with E-state index in [2.05, 4.69) is 21.2 Å². The first-order chi connectivity index (χ1) is 9.52. The Morgan fingerprint density at radius 2 is 2.05 bits per heavy atom. The molecule has 20 heavy (non-hydrogen) atoms. The van der Waals surface area contributed by atoms with Crippen LogP contribution in [-0.4, -0.2) is 13.0 Å². The van der Waals surface area contributed by atoms with Gasteiger partial charge in [0.15, 0.2) is 0 Å². The van der Waals surface area contributed by atoms with Crippen molar-refractivity contribution in [3.05, 3.63) is 57.0 Å². The molecule has 5 heteroatoms. The minimum Gasteiger partial charge on any atom is -0.496 e. The van der Waals surface area contributed by atoms with Crippen LogP contribution in [-0.2, 0) is 0 Å². The molecule has 1 N–H and O–H groups in total. The van der Waals surface area contributed by atoms with Crippen molar-refractivity contribution in [2.24, 2.45) is 0 Å². The normalized spacial score (nSPS) is 10.2. The predicted molar refractivity (Wildman–Crippen MR) is 84.8 cm³/mol. The van der Waals surface area contributed by atoms with Gasteiger partial charge in [0.2, 0.25) is 0 Å². The zero-order valence-electron chi connectivity index (χ0n) is 11.0. The van der Waals surface area contributed by atoms with Crippen molar-refractivity contribution in [1.82, 2.24) is 0 Å². The summed E-state index contributed by atoms with van der Waals surface area (Å²) in [7, 11) is 1.50. The molecule has 0 aliphatic carbocycles. The maximum Gasteiger partial charge on any atom is 0.259 e. The lowest BCUT2D eigenvalue weighted by molar-refractivity contribution is 0.102. The Kier molecular flexibility index (Phi) is 4.68. The molecule has 0 atom stereocenters. The van der Waals surface area contributed by atoms with Crippen molar-refractivity contribution in [2.45, 2.75) is 6.92 Å². The molecular weight excluding hydrogens is 342 g/mol. The van der Waals surface area contributed by atoms with E-state index in [1.54, 1.807) is 18.2 Å². The predicted octanol–water partition coefficient (Wildman–Crippen LogP) is 4.67. The van der Waals surface area contributed by atoms with Crippen LogP contribution >= 0.6 is 27.5 Å². The van der Waals surface area contributed by atoms with Gasteiger partial charge in [-0.05, 0) is 52.7 Å². The highest BCUT2D eigenvalue weighted by Crippen LogP contribution is 2.28. The van der Waals surface area contributed by atoms with Crippen LogP contribution in [0, 0.1) is 6.92 Å². The fourth-order valence-corrected chi connectivity index (χ4v) is 2.31. The van der Waals surface area contributed by atoms with Crippen LogP contribution in [0.25, 0.3) is 0 Å². The number of anilines is 1. The molecule has 0 aliphatic heterocycles. The Morgan fingerprint density at radius 1 is 1.30 bits per heavy atom. The first kappa shape index (κ1) is 14.9. The zero-order valence-corrected chi connectivity index (χ0v) is 13.4. The molecule has 2 aromatic carbocycles. The number of amides is 1. The fraction of sp³-hybridized carbons (Fsp3) is 0.133. The first-order valence-electron chi connectivity index (χ1n) is 5.93. The van der Waals surface area contributed by atoms with Gasteiger partial charge in [0, 0.05) is 9.50 Å². The summed E-state index contributed by atoms with van der Waals surface area (Å²) in [5.74, 6) is 0.198. The number of carbonyl (C=O) groups excluding carboxylic acids is 1. The molecule has 1 amide bonds. The number of ether oxygens (including phenoxy) is 1. The number of hydrogen-bond donors (Lipinski definition) is 1. The van der Waals surface area contributed by atoms with Gasteiger partial charge in [0.25, 0.3) is 5.91 Å². The lowest BCUT2D eigenvalue weighted by Crippen LogP contribution is -2.13. The summed E-state index contributed by atoms with van der Waals surface area (Å²) in [6.07, 6.45) is 0. The van der Waals surface area contributed by atoms with Crippen LogP contribution in [0.3, 0.4) is 0 Å². The third-order valence-corrected chi connectivity index (χ3v) is 4.14. The largest absolute Gasteiger partial charge is 0.496 e. The molecule has 104 valence electrons. The molecule has 2 rings (SSSR count). The van der Waals surface area contributed by atoms with Crippen LogP contribution in [0.4, 0.5) is 5.69 Å². The molecule has 0 radical (unpaired) electrons. The summed E-state index contributed by atoms with van der Waals surface area (Å²) in [5, 5.41) is 3.38. The van der Waals surface area contributed by atoms with Crippen molar-refractivity contribution in [3.8, 4) is 5.75 Å². The maximum absolute atomic E-state index is 12.3. The first-order valence-corrected chi connectivity index (χ1v) is 7.10. The Labute approximate surface area is 131 Å². The Hall–Kier alpha value is -1.52. The molecule has 0 aromatic heterocycles. The average Bonchev–Trinajstić information content (AvgIpc) is 2.43. The number of halogens is 2. The highest BCUT2D eigenvalue weighted by atomic mass is 79.9. The van der Waals surface area contributed by atoms with Crippen LogP contribution in [0.2, 0.25) is 5.02 Å². The summed E-state index contributed by atoms with van der Waals surface area (Å²) >= 11 is 9.35. The van der Waals surface area contributed by atoms with Gasteiger partial charge in [-0.25, -0.2) is 0 Å². The minimum absolute atomic E-state index is 0.246. The molecule has 0 saturated carbocycles. The molecular formula is C15H13BrClNO2. The lowest BCUT2D eigenvalue weighted by Gasteiger charge is -2.11. The molecule has 2 aromatic rings. The SMILES string of the molecule is COc1cc(Cl)ccc1C(=O)Nc1cccc(C)c1Br. The van der Waals surface area contributed by atoms with E-state index in [0.29, 0.717) is 22.0 Å². The maximum atomic E-state index is 12.3. The fourth-order valence-electron chi connectivity index (χ4n) is 1.79. The number of benzene rings is 2. The molecule has 0 saturated heterocycles. The molecule has 0 bridgehead atoms. The van der Waals surface area contributed by atoms with E-state index in [4.69, 9.17) is 16.3 Å². The molecule has 0 aliphatic rings. The van der Waals surface area contributed by atoms with Gasteiger partial charge in [-0.15, -0.1) is 0 Å². The van der Waals surface area contributed by atoms with Gasteiger partial charge in [0.05, 0.1) is 18.4 Å². The van der Waals surface area contributed by atoms with Crippen molar-refractivity contribution in [1.29, 1.82) is 0 Å². The monoisotopic (exact) mass is 353 g/mol. The minimum atomic E-state index is -0.246. The average molecular weight is 355 g/mol. The van der Waals surface area contributed by atoms with Crippen molar-refractivity contribution < 1.29 is 9.53 Å². The second-order valence-corrected chi connectivity index (χ2v) is 5.46. The summed E-state index contributed by atoms with van der Waals surface area (Å²) in [4.78, 5) is 12.3. The van der Waals surface area contributed by atoms with E-state index >= 15 is 0 Å². The molecule has 0 spiro atoms. The summed E-state index contributed by atoms with van der Waals surface area (Å²) in [6.45, 7) is 1.96. The number of rotatable bonds is 3. The highest BCUT2D eigenvalue weighted by Gasteiger charge is 2.14. The van der Waals surface area contributed by atoms with Crippen LogP contribution in [0.1, 0.15) is 15.9 Å².